The Bertz CT molecular complexity index is 1600. The Labute approximate surface area is 192 Å². The molecular weight excluding hydrogens is 406 g/mol. The van der Waals surface area contributed by atoms with E-state index >= 15 is 0 Å². The molecule has 0 aliphatic carbocycles. The second kappa shape index (κ2) is 7.58. The topological polar surface area (TPSA) is 78.3 Å². The number of nitrogens with zero attached hydrogens (tertiary/aromatic N) is 5. The van der Waals surface area contributed by atoms with E-state index < -0.39 is 0 Å². The van der Waals surface area contributed by atoms with Crippen LogP contribution < -0.4 is 0 Å². The van der Waals surface area contributed by atoms with Crippen molar-refractivity contribution in [1.29, 1.82) is 10.5 Å². The monoisotopic (exact) mass is 427 g/mol. The summed E-state index contributed by atoms with van der Waals surface area (Å²) in [5, 5.41) is 21.3. The molecule has 5 heteroatoms. The molecule has 0 aliphatic heterocycles. The number of para-hydroxylation sites is 1. The van der Waals surface area contributed by atoms with E-state index in [4.69, 9.17) is 5.26 Å². The molecule has 5 nitrogen and oxygen atoms in total. The van der Waals surface area contributed by atoms with Gasteiger partial charge in [0.25, 0.3) is 0 Å². The first-order valence-electron chi connectivity index (χ1n) is 10.7. The average Bonchev–Trinajstić information content (AvgIpc) is 3.17. The van der Waals surface area contributed by atoms with E-state index in [1.54, 1.807) is 12.4 Å². The van der Waals surface area contributed by atoms with Crippen molar-refractivity contribution in [2.24, 2.45) is 0 Å². The van der Waals surface area contributed by atoms with Crippen molar-refractivity contribution in [3.05, 3.63) is 90.0 Å². The summed E-state index contributed by atoms with van der Waals surface area (Å²) in [7, 11) is 0. The van der Waals surface area contributed by atoms with Gasteiger partial charge in [0.2, 0.25) is 5.82 Å². The van der Waals surface area contributed by atoms with Gasteiger partial charge in [0.15, 0.2) is 0 Å². The Morgan fingerprint density at radius 3 is 2.18 bits per heavy atom. The van der Waals surface area contributed by atoms with Crippen molar-refractivity contribution in [2.75, 3.05) is 0 Å². The van der Waals surface area contributed by atoms with Gasteiger partial charge >= 0.3 is 0 Å². The Kier molecular flexibility index (Phi) is 4.69. The lowest BCUT2D eigenvalue weighted by Crippen LogP contribution is -2.10. The van der Waals surface area contributed by atoms with E-state index in [1.165, 1.54) is 10.9 Å². The van der Waals surface area contributed by atoms with Gasteiger partial charge in [-0.25, -0.2) is 9.97 Å². The Balaban J connectivity index is 1.74. The molecule has 0 unspecified atom stereocenters. The van der Waals surface area contributed by atoms with Crippen molar-refractivity contribution in [1.82, 2.24) is 14.5 Å². The fraction of sp³-hybridized carbons (Fsp3) is 0.143. The summed E-state index contributed by atoms with van der Waals surface area (Å²) in [6.45, 7) is 6.65. The van der Waals surface area contributed by atoms with Gasteiger partial charge in [0.05, 0.1) is 22.3 Å². The fourth-order valence-corrected chi connectivity index (χ4v) is 4.23. The molecular formula is C28H21N5. The van der Waals surface area contributed by atoms with Gasteiger partial charge in [0.1, 0.15) is 12.1 Å². The molecule has 158 valence electrons. The zero-order valence-electron chi connectivity index (χ0n) is 18.7. The van der Waals surface area contributed by atoms with Crippen LogP contribution in [0.4, 0.5) is 0 Å². The minimum absolute atomic E-state index is 0.0417. The highest BCUT2D eigenvalue weighted by Gasteiger charge is 2.19. The van der Waals surface area contributed by atoms with Crippen LogP contribution in [0.5, 0.6) is 0 Å². The lowest BCUT2D eigenvalue weighted by atomic mass is 9.86. The molecule has 2 aromatic heterocycles. The Morgan fingerprint density at radius 2 is 1.48 bits per heavy atom. The lowest BCUT2D eigenvalue weighted by molar-refractivity contribution is 0.591. The first kappa shape index (κ1) is 20.4. The minimum atomic E-state index is 0.0417. The minimum Gasteiger partial charge on any atom is -0.308 e. The highest BCUT2D eigenvalue weighted by atomic mass is 15.0. The first-order valence-corrected chi connectivity index (χ1v) is 10.7. The van der Waals surface area contributed by atoms with Gasteiger partial charge in [-0.15, -0.1) is 0 Å². The van der Waals surface area contributed by atoms with E-state index in [0.29, 0.717) is 5.56 Å². The van der Waals surface area contributed by atoms with Crippen molar-refractivity contribution in [3.63, 3.8) is 0 Å². The fourth-order valence-electron chi connectivity index (χ4n) is 4.23. The van der Waals surface area contributed by atoms with Crippen LogP contribution in [0.15, 0.2) is 73.1 Å². The number of hydrogen-bond donors (Lipinski definition) is 0. The molecule has 3 aromatic carbocycles. The quantitative estimate of drug-likeness (QED) is 0.332. The lowest BCUT2D eigenvalue weighted by Gasteiger charge is -2.19. The maximum atomic E-state index is 10.0. The van der Waals surface area contributed by atoms with Crippen LogP contribution in [-0.2, 0) is 5.41 Å². The van der Waals surface area contributed by atoms with Gasteiger partial charge < -0.3 is 4.57 Å². The predicted molar refractivity (Wildman–Crippen MR) is 130 cm³/mol. The third kappa shape index (κ3) is 3.41. The number of nitriles is 2. The first-order chi connectivity index (χ1) is 15.9. The van der Waals surface area contributed by atoms with E-state index in [9.17, 15) is 5.26 Å². The molecule has 2 heterocycles. The molecule has 0 aliphatic rings. The number of rotatable bonds is 2. The smallest absolute Gasteiger partial charge is 0.232 e. The molecule has 0 spiro atoms. The summed E-state index contributed by atoms with van der Waals surface area (Å²) in [6.07, 6.45) is 3.21. The maximum absolute atomic E-state index is 10.0. The van der Waals surface area contributed by atoms with Gasteiger partial charge in [0, 0.05) is 28.7 Å². The Hall–Kier alpha value is -4.48. The van der Waals surface area contributed by atoms with Gasteiger partial charge in [-0.05, 0) is 46.9 Å². The molecule has 0 amide bonds. The third-order valence-electron chi connectivity index (χ3n) is 5.98. The standard InChI is InChI=1S/C28H21N5/c1-28(2,3)21-9-11-26-23(13-21)22-6-4-5-7-25(22)33(26)24-10-8-18(12-19(24)14-29)20-16-31-27(15-30)32-17-20/h4-13,16-17H,1-3H3. The average molecular weight is 428 g/mol. The summed E-state index contributed by atoms with van der Waals surface area (Å²) in [5.74, 6) is 0.121. The second-order valence-corrected chi connectivity index (χ2v) is 9.09. The van der Waals surface area contributed by atoms with Crippen LogP contribution >= 0.6 is 0 Å². The number of benzene rings is 3. The predicted octanol–water partition coefficient (Wildman–Crippen LogP) is 6.28. The largest absolute Gasteiger partial charge is 0.308 e. The van der Waals surface area contributed by atoms with Crippen molar-refractivity contribution < 1.29 is 0 Å². The zero-order valence-corrected chi connectivity index (χ0v) is 18.7. The molecule has 0 saturated carbocycles. The molecule has 0 bridgehead atoms. The molecule has 5 rings (SSSR count). The van der Waals surface area contributed by atoms with Gasteiger partial charge in [-0.2, -0.15) is 10.5 Å². The third-order valence-corrected chi connectivity index (χ3v) is 5.98. The van der Waals surface area contributed by atoms with E-state index in [0.717, 1.165) is 33.2 Å². The van der Waals surface area contributed by atoms with Crippen LogP contribution in [0.3, 0.4) is 0 Å². The van der Waals surface area contributed by atoms with E-state index in [1.807, 2.05) is 30.3 Å². The summed E-state index contributed by atoms with van der Waals surface area (Å²) >= 11 is 0. The maximum Gasteiger partial charge on any atom is 0.232 e. The van der Waals surface area contributed by atoms with E-state index in [-0.39, 0.29) is 11.2 Å². The molecule has 0 saturated heterocycles. The van der Waals surface area contributed by atoms with Crippen LogP contribution in [0.2, 0.25) is 0 Å². The highest BCUT2D eigenvalue weighted by Crippen LogP contribution is 2.36. The van der Waals surface area contributed by atoms with Crippen LogP contribution in [0.25, 0.3) is 38.6 Å². The molecule has 0 N–H and O–H groups in total. The summed E-state index contributed by atoms with van der Waals surface area (Å²) in [5.41, 5.74) is 6.41. The molecule has 0 atom stereocenters. The van der Waals surface area contributed by atoms with E-state index in [2.05, 4.69) is 77.8 Å². The number of hydrogen-bond acceptors (Lipinski definition) is 4. The Morgan fingerprint density at radius 1 is 0.758 bits per heavy atom. The number of fused-ring (bicyclic) bond motifs is 3. The molecule has 0 fully saturated rings. The van der Waals surface area contributed by atoms with Gasteiger partial charge in [-0.1, -0.05) is 51.1 Å². The molecule has 5 aromatic rings. The van der Waals surface area contributed by atoms with Crippen molar-refractivity contribution >= 4 is 21.8 Å². The summed E-state index contributed by atoms with van der Waals surface area (Å²) < 4.78 is 2.16. The number of aromatic nitrogens is 3. The van der Waals surface area contributed by atoms with Crippen LogP contribution in [-0.4, -0.2) is 14.5 Å². The van der Waals surface area contributed by atoms with Crippen molar-refractivity contribution in [2.45, 2.75) is 26.2 Å². The second-order valence-electron chi connectivity index (χ2n) is 9.09. The molecule has 0 radical (unpaired) electrons. The highest BCUT2D eigenvalue weighted by molar-refractivity contribution is 6.09. The normalized spacial score (nSPS) is 11.4. The van der Waals surface area contributed by atoms with Crippen LogP contribution in [0, 0.1) is 22.7 Å². The van der Waals surface area contributed by atoms with Gasteiger partial charge in [-0.3, -0.25) is 0 Å². The molecule has 33 heavy (non-hydrogen) atoms. The zero-order chi connectivity index (χ0) is 23.2. The van der Waals surface area contributed by atoms with Crippen LogP contribution in [0.1, 0.15) is 37.7 Å². The SMILES string of the molecule is CC(C)(C)c1ccc2c(c1)c1ccccc1n2-c1ccc(-c2cnc(C#N)nc2)cc1C#N. The summed E-state index contributed by atoms with van der Waals surface area (Å²) in [6, 6.07) is 25.0. The summed E-state index contributed by atoms with van der Waals surface area (Å²) in [4.78, 5) is 8.10. The van der Waals surface area contributed by atoms with Crippen molar-refractivity contribution in [3.8, 4) is 29.0 Å².